The van der Waals surface area contributed by atoms with E-state index < -0.39 is 0 Å². The van der Waals surface area contributed by atoms with E-state index in [0.717, 1.165) is 35.0 Å². The molecule has 7 heteroatoms. The zero-order valence-electron chi connectivity index (χ0n) is 12.2. The van der Waals surface area contributed by atoms with E-state index in [1.54, 1.807) is 12.4 Å². The smallest absolute Gasteiger partial charge is 0.264 e. The van der Waals surface area contributed by atoms with Gasteiger partial charge in [-0.1, -0.05) is 0 Å². The van der Waals surface area contributed by atoms with E-state index in [1.165, 1.54) is 11.3 Å². The second-order valence-corrected chi connectivity index (χ2v) is 6.77. The minimum Gasteiger partial charge on any atom is -0.398 e. The fraction of sp³-hybridized carbons (Fsp3) is 0.500. The minimum atomic E-state index is 0.0756. The normalized spacial score (nSPS) is 19.0. The molecule has 0 aromatic carbocycles. The lowest BCUT2D eigenvalue weighted by Gasteiger charge is -2.31. The maximum Gasteiger partial charge on any atom is 0.264 e. The molecular weight excluding hydrogens is 286 g/mol. The summed E-state index contributed by atoms with van der Waals surface area (Å²) in [4.78, 5) is 16.2. The van der Waals surface area contributed by atoms with E-state index in [9.17, 15) is 4.79 Å². The van der Waals surface area contributed by atoms with Crippen molar-refractivity contribution in [1.82, 2.24) is 19.7 Å². The first kappa shape index (κ1) is 14.1. The Labute approximate surface area is 127 Å². The van der Waals surface area contributed by atoms with Crippen LogP contribution in [-0.4, -0.2) is 38.7 Å². The highest BCUT2D eigenvalue weighted by Crippen LogP contribution is 2.29. The number of amides is 1. The van der Waals surface area contributed by atoms with Gasteiger partial charge in [-0.3, -0.25) is 4.79 Å². The molecule has 0 saturated carbocycles. The number of anilines is 1. The van der Waals surface area contributed by atoms with E-state index >= 15 is 0 Å². The maximum absolute atomic E-state index is 12.6. The van der Waals surface area contributed by atoms with Gasteiger partial charge in [0.1, 0.15) is 12.2 Å². The second kappa shape index (κ2) is 5.48. The van der Waals surface area contributed by atoms with Gasteiger partial charge in [0.05, 0.1) is 4.88 Å². The molecule has 2 N–H and O–H groups in total. The summed E-state index contributed by atoms with van der Waals surface area (Å²) in [6.45, 7) is 3.43. The Hall–Kier alpha value is -1.89. The number of hydrogen-bond acceptors (Lipinski definition) is 5. The highest BCUT2D eigenvalue weighted by Gasteiger charge is 2.28. The second-order valence-electron chi connectivity index (χ2n) is 5.51. The lowest BCUT2D eigenvalue weighted by Crippen LogP contribution is -2.39. The third kappa shape index (κ3) is 2.65. The fourth-order valence-electron chi connectivity index (χ4n) is 2.79. The topological polar surface area (TPSA) is 77.0 Å². The monoisotopic (exact) mass is 305 g/mol. The van der Waals surface area contributed by atoms with Gasteiger partial charge in [-0.25, -0.2) is 0 Å². The Morgan fingerprint density at radius 1 is 1.52 bits per heavy atom. The Kier molecular flexibility index (Phi) is 3.67. The first-order chi connectivity index (χ1) is 10.1. The number of nitrogen functional groups attached to an aromatic ring is 1. The molecule has 6 nitrogen and oxygen atoms in total. The van der Waals surface area contributed by atoms with Crippen LogP contribution in [0.25, 0.3) is 0 Å². The molecule has 21 heavy (non-hydrogen) atoms. The number of nitrogens with zero attached hydrogens (tertiary/aromatic N) is 4. The van der Waals surface area contributed by atoms with Crippen molar-refractivity contribution < 1.29 is 4.79 Å². The quantitative estimate of drug-likeness (QED) is 0.917. The van der Waals surface area contributed by atoms with Gasteiger partial charge in [0.15, 0.2) is 0 Å². The minimum absolute atomic E-state index is 0.0756. The number of nitrogens with two attached hydrogens (primary N) is 1. The predicted octanol–water partition coefficient (Wildman–Crippen LogP) is 1.79. The lowest BCUT2D eigenvalue weighted by molar-refractivity contribution is 0.0708. The van der Waals surface area contributed by atoms with Crippen LogP contribution in [0.15, 0.2) is 12.4 Å². The molecule has 1 atom stereocenters. The van der Waals surface area contributed by atoms with Crippen LogP contribution in [-0.2, 0) is 7.05 Å². The van der Waals surface area contributed by atoms with Gasteiger partial charge < -0.3 is 15.2 Å². The average Bonchev–Trinajstić information content (AvgIpc) is 3.05. The maximum atomic E-state index is 12.6. The summed E-state index contributed by atoms with van der Waals surface area (Å²) in [5, 5.41) is 8.12. The molecule has 1 fully saturated rings. The van der Waals surface area contributed by atoms with Gasteiger partial charge in [-0.15, -0.1) is 21.5 Å². The Morgan fingerprint density at radius 3 is 2.95 bits per heavy atom. The fourth-order valence-corrected chi connectivity index (χ4v) is 3.70. The number of carbonyl (C=O) groups is 1. The molecule has 2 aromatic rings. The van der Waals surface area contributed by atoms with Gasteiger partial charge in [-0.2, -0.15) is 0 Å². The number of hydrogen-bond donors (Lipinski definition) is 1. The number of aromatic nitrogens is 3. The Morgan fingerprint density at radius 2 is 2.33 bits per heavy atom. The summed E-state index contributed by atoms with van der Waals surface area (Å²) in [7, 11) is 1.94. The average molecular weight is 305 g/mol. The van der Waals surface area contributed by atoms with Gasteiger partial charge in [0, 0.05) is 36.6 Å². The molecular formula is C14H19N5OS. The van der Waals surface area contributed by atoms with E-state index in [-0.39, 0.29) is 11.8 Å². The summed E-state index contributed by atoms with van der Waals surface area (Å²) in [5.41, 5.74) is 6.55. The summed E-state index contributed by atoms with van der Waals surface area (Å²) >= 11 is 1.47. The van der Waals surface area contributed by atoms with Gasteiger partial charge >= 0.3 is 0 Å². The predicted molar refractivity (Wildman–Crippen MR) is 82.3 cm³/mol. The van der Waals surface area contributed by atoms with Crippen LogP contribution in [0.3, 0.4) is 0 Å². The summed E-state index contributed by atoms with van der Waals surface area (Å²) < 4.78 is 1.94. The number of thiophene rings is 1. The van der Waals surface area contributed by atoms with E-state index in [4.69, 9.17) is 5.73 Å². The summed E-state index contributed by atoms with van der Waals surface area (Å²) in [6.07, 6.45) is 3.74. The van der Waals surface area contributed by atoms with Crippen molar-refractivity contribution in [1.29, 1.82) is 0 Å². The summed E-state index contributed by atoms with van der Waals surface area (Å²) in [5.74, 6) is 1.29. The summed E-state index contributed by atoms with van der Waals surface area (Å²) in [6, 6.07) is 1.79. The van der Waals surface area contributed by atoms with Crippen molar-refractivity contribution >= 4 is 22.9 Å². The van der Waals surface area contributed by atoms with Crippen LogP contribution in [0.5, 0.6) is 0 Å². The first-order valence-electron chi connectivity index (χ1n) is 7.05. The molecule has 2 aromatic heterocycles. The number of likely N-dealkylation sites (tertiary alicyclic amines) is 1. The van der Waals surface area contributed by atoms with Gasteiger partial charge in [0.25, 0.3) is 5.91 Å². The van der Waals surface area contributed by atoms with Crippen molar-refractivity contribution in [3.05, 3.63) is 28.0 Å². The standard InChI is InChI=1S/C14H19N5OS/c1-9-11(15)6-12(21-9)14(20)19-5-3-4-10(7-19)13-17-16-8-18(13)2/h6,8,10H,3-5,7,15H2,1-2H3. The van der Waals surface area contributed by atoms with Crippen molar-refractivity contribution in [2.24, 2.45) is 7.05 Å². The highest BCUT2D eigenvalue weighted by molar-refractivity contribution is 7.14. The molecule has 112 valence electrons. The molecule has 0 bridgehead atoms. The van der Waals surface area contributed by atoms with Crippen LogP contribution in [0.4, 0.5) is 5.69 Å². The molecule has 0 spiro atoms. The van der Waals surface area contributed by atoms with Crippen LogP contribution in [0.1, 0.15) is 39.1 Å². The highest BCUT2D eigenvalue weighted by atomic mass is 32.1. The molecule has 3 rings (SSSR count). The van der Waals surface area contributed by atoms with Crippen LogP contribution >= 0.6 is 11.3 Å². The van der Waals surface area contributed by atoms with E-state index in [0.29, 0.717) is 12.2 Å². The van der Waals surface area contributed by atoms with Crippen molar-refractivity contribution in [2.45, 2.75) is 25.7 Å². The van der Waals surface area contributed by atoms with Crippen LogP contribution in [0.2, 0.25) is 0 Å². The van der Waals surface area contributed by atoms with Crippen LogP contribution in [0, 0.1) is 6.92 Å². The molecule has 1 unspecified atom stereocenters. The van der Waals surface area contributed by atoms with Crippen molar-refractivity contribution in [2.75, 3.05) is 18.8 Å². The number of carbonyl (C=O) groups excluding carboxylic acids is 1. The Balaban J connectivity index is 1.77. The third-order valence-electron chi connectivity index (χ3n) is 3.99. The first-order valence-corrected chi connectivity index (χ1v) is 7.87. The molecule has 1 aliphatic heterocycles. The Bertz CT molecular complexity index is 643. The molecule has 1 amide bonds. The molecule has 3 heterocycles. The molecule has 1 aliphatic rings. The van der Waals surface area contributed by atoms with Gasteiger partial charge in [0.2, 0.25) is 0 Å². The van der Waals surface area contributed by atoms with Crippen molar-refractivity contribution in [3.63, 3.8) is 0 Å². The number of aryl methyl sites for hydroxylation is 2. The molecule has 0 aliphatic carbocycles. The van der Waals surface area contributed by atoms with Crippen molar-refractivity contribution in [3.8, 4) is 0 Å². The van der Waals surface area contributed by atoms with Gasteiger partial charge in [-0.05, 0) is 25.8 Å². The number of rotatable bonds is 2. The molecule has 0 radical (unpaired) electrons. The molecule has 1 saturated heterocycles. The lowest BCUT2D eigenvalue weighted by atomic mass is 9.97. The van der Waals surface area contributed by atoms with E-state index in [2.05, 4.69) is 10.2 Å². The SMILES string of the molecule is Cc1sc(C(=O)N2CCCC(c3nncn3C)C2)cc1N. The largest absolute Gasteiger partial charge is 0.398 e. The van der Waals surface area contributed by atoms with Crippen LogP contribution < -0.4 is 5.73 Å². The zero-order valence-corrected chi connectivity index (χ0v) is 13.1. The number of piperidine rings is 1. The zero-order chi connectivity index (χ0) is 15.0. The van der Waals surface area contributed by atoms with E-state index in [1.807, 2.05) is 23.4 Å². The third-order valence-corrected chi connectivity index (χ3v) is 5.04.